The second-order valence-corrected chi connectivity index (χ2v) is 9.33. The average molecular weight is 484 g/mol. The molecule has 36 heavy (non-hydrogen) atoms. The van der Waals surface area contributed by atoms with Crippen LogP contribution in [-0.4, -0.2) is 31.4 Å². The van der Waals surface area contributed by atoms with Crippen molar-refractivity contribution < 1.29 is 14.7 Å². The van der Waals surface area contributed by atoms with E-state index in [1.54, 1.807) is 42.1 Å². The first-order chi connectivity index (χ1) is 17.4. The Bertz CT molecular complexity index is 1410. The molecule has 0 bridgehead atoms. The molecule has 2 heterocycles. The molecule has 0 unspecified atom stereocenters. The molecule has 0 aliphatic heterocycles. The van der Waals surface area contributed by atoms with Gasteiger partial charge in [0.25, 0.3) is 5.91 Å². The van der Waals surface area contributed by atoms with E-state index in [-0.39, 0.29) is 23.6 Å². The predicted octanol–water partition coefficient (Wildman–Crippen LogP) is 5.18. The lowest BCUT2D eigenvalue weighted by molar-refractivity contribution is 0.101. The smallest absolute Gasteiger partial charge is 0.342 e. The van der Waals surface area contributed by atoms with Crippen LogP contribution in [-0.2, 0) is 13.6 Å². The third kappa shape index (κ3) is 4.75. The average Bonchev–Trinajstić information content (AvgIpc) is 3.44. The van der Waals surface area contributed by atoms with Gasteiger partial charge in [0.05, 0.1) is 11.4 Å². The van der Waals surface area contributed by atoms with E-state index in [0.29, 0.717) is 29.2 Å². The molecule has 1 fully saturated rings. The SMILES string of the molecule is Cc1ccc(CNC(=O)n2nc(-c3ccc(NC(=O)c4cccn4C)cc3O)cc2C2CCC2)cc1. The number of aromatic nitrogens is 3. The summed E-state index contributed by atoms with van der Waals surface area (Å²) in [4.78, 5) is 25.6. The summed E-state index contributed by atoms with van der Waals surface area (Å²) in [7, 11) is 1.79. The number of amides is 2. The number of nitrogens with zero attached hydrogens (tertiary/aromatic N) is 3. The van der Waals surface area contributed by atoms with Crippen molar-refractivity contribution in [2.45, 2.75) is 38.6 Å². The minimum absolute atomic E-state index is 0.0236. The largest absolute Gasteiger partial charge is 0.507 e. The van der Waals surface area contributed by atoms with E-state index in [2.05, 4.69) is 15.7 Å². The number of aromatic hydroxyl groups is 1. The van der Waals surface area contributed by atoms with Gasteiger partial charge < -0.3 is 20.3 Å². The zero-order valence-corrected chi connectivity index (χ0v) is 20.4. The van der Waals surface area contributed by atoms with Crippen molar-refractivity contribution in [2.24, 2.45) is 7.05 Å². The fraction of sp³-hybridized carbons (Fsp3) is 0.250. The first-order valence-electron chi connectivity index (χ1n) is 12.1. The number of phenolic OH excluding ortho intramolecular Hbond substituents is 1. The molecule has 8 nitrogen and oxygen atoms in total. The Morgan fingerprint density at radius 2 is 1.86 bits per heavy atom. The Hall–Kier alpha value is -4.33. The van der Waals surface area contributed by atoms with Crippen LogP contribution in [0.25, 0.3) is 11.3 Å². The fourth-order valence-corrected chi connectivity index (χ4v) is 4.36. The molecular formula is C28H29N5O3. The number of anilines is 1. The third-order valence-electron chi connectivity index (χ3n) is 6.73. The normalized spacial score (nSPS) is 13.3. The van der Waals surface area contributed by atoms with Crippen LogP contribution in [0.1, 0.15) is 52.5 Å². The molecule has 1 saturated carbocycles. The van der Waals surface area contributed by atoms with Crippen molar-refractivity contribution in [2.75, 3.05) is 5.32 Å². The van der Waals surface area contributed by atoms with E-state index < -0.39 is 0 Å². The van der Waals surface area contributed by atoms with Crippen molar-refractivity contribution in [3.8, 4) is 17.0 Å². The van der Waals surface area contributed by atoms with Gasteiger partial charge in [-0.05, 0) is 55.7 Å². The fourth-order valence-electron chi connectivity index (χ4n) is 4.36. The van der Waals surface area contributed by atoms with Gasteiger partial charge in [0.1, 0.15) is 11.4 Å². The topological polar surface area (TPSA) is 101 Å². The highest BCUT2D eigenvalue weighted by molar-refractivity contribution is 6.03. The lowest BCUT2D eigenvalue weighted by Crippen LogP contribution is -2.31. The predicted molar refractivity (Wildman–Crippen MR) is 138 cm³/mol. The maximum atomic E-state index is 13.1. The molecule has 0 saturated heterocycles. The van der Waals surface area contributed by atoms with Gasteiger partial charge in [-0.2, -0.15) is 9.78 Å². The number of nitrogens with one attached hydrogen (secondary N) is 2. The van der Waals surface area contributed by atoms with Gasteiger partial charge in [-0.15, -0.1) is 0 Å². The van der Waals surface area contributed by atoms with Gasteiger partial charge in [0.15, 0.2) is 0 Å². The molecule has 1 aliphatic carbocycles. The van der Waals surface area contributed by atoms with Gasteiger partial charge in [-0.1, -0.05) is 36.2 Å². The van der Waals surface area contributed by atoms with Crippen LogP contribution in [0.3, 0.4) is 0 Å². The second-order valence-electron chi connectivity index (χ2n) is 9.33. The number of rotatable bonds is 6. The summed E-state index contributed by atoms with van der Waals surface area (Å²) in [5, 5.41) is 21.1. The van der Waals surface area contributed by atoms with E-state index in [0.717, 1.165) is 30.5 Å². The Morgan fingerprint density at radius 3 is 2.50 bits per heavy atom. The van der Waals surface area contributed by atoms with Crippen LogP contribution >= 0.6 is 0 Å². The Morgan fingerprint density at radius 1 is 1.08 bits per heavy atom. The zero-order chi connectivity index (χ0) is 25.2. The highest BCUT2D eigenvalue weighted by atomic mass is 16.3. The zero-order valence-electron chi connectivity index (χ0n) is 20.4. The van der Waals surface area contributed by atoms with Crippen molar-refractivity contribution in [1.29, 1.82) is 0 Å². The van der Waals surface area contributed by atoms with Crippen LogP contribution in [0.2, 0.25) is 0 Å². The number of phenols is 1. The van der Waals surface area contributed by atoms with Gasteiger partial charge in [-0.25, -0.2) is 4.79 Å². The minimum atomic E-state index is -0.297. The third-order valence-corrected chi connectivity index (χ3v) is 6.73. The van der Waals surface area contributed by atoms with Gasteiger partial charge in [0, 0.05) is 43.0 Å². The lowest BCUT2D eigenvalue weighted by Gasteiger charge is -2.25. The molecule has 184 valence electrons. The first kappa shape index (κ1) is 23.4. The van der Waals surface area contributed by atoms with Crippen molar-refractivity contribution >= 4 is 17.6 Å². The van der Waals surface area contributed by atoms with Crippen LogP contribution < -0.4 is 10.6 Å². The van der Waals surface area contributed by atoms with Crippen molar-refractivity contribution in [3.05, 3.63) is 89.4 Å². The molecule has 0 radical (unpaired) electrons. The van der Waals surface area contributed by atoms with E-state index >= 15 is 0 Å². The Labute approximate surface area is 209 Å². The van der Waals surface area contributed by atoms with Gasteiger partial charge in [-0.3, -0.25) is 4.79 Å². The van der Waals surface area contributed by atoms with Crippen LogP contribution in [0, 0.1) is 6.92 Å². The maximum absolute atomic E-state index is 13.1. The van der Waals surface area contributed by atoms with Crippen LogP contribution in [0.5, 0.6) is 5.75 Å². The summed E-state index contributed by atoms with van der Waals surface area (Å²) >= 11 is 0. The first-order valence-corrected chi connectivity index (χ1v) is 12.1. The molecule has 3 N–H and O–H groups in total. The quantitative estimate of drug-likeness (QED) is 0.352. The van der Waals surface area contributed by atoms with Gasteiger partial charge >= 0.3 is 6.03 Å². The second kappa shape index (κ2) is 9.73. The molecule has 2 aromatic heterocycles. The molecular weight excluding hydrogens is 454 g/mol. The molecule has 0 spiro atoms. The number of hydrogen-bond acceptors (Lipinski definition) is 4. The van der Waals surface area contributed by atoms with E-state index in [4.69, 9.17) is 0 Å². The van der Waals surface area contributed by atoms with Crippen LogP contribution in [0.4, 0.5) is 10.5 Å². The number of carbonyl (C=O) groups excluding carboxylic acids is 2. The van der Waals surface area contributed by atoms with E-state index in [1.807, 2.05) is 37.3 Å². The Kier molecular flexibility index (Phi) is 6.33. The highest BCUT2D eigenvalue weighted by Gasteiger charge is 2.27. The molecule has 1 aliphatic rings. The molecule has 4 aromatic rings. The molecule has 2 aromatic carbocycles. The molecule has 0 atom stereocenters. The lowest BCUT2D eigenvalue weighted by atomic mass is 9.82. The summed E-state index contributed by atoms with van der Waals surface area (Å²) in [5.74, 6) is -0.0247. The van der Waals surface area contributed by atoms with E-state index in [1.165, 1.54) is 16.3 Å². The summed E-state index contributed by atoms with van der Waals surface area (Å²) < 4.78 is 3.15. The summed E-state index contributed by atoms with van der Waals surface area (Å²) in [6.07, 6.45) is 4.93. The van der Waals surface area contributed by atoms with Crippen LogP contribution in [0.15, 0.2) is 66.9 Å². The van der Waals surface area contributed by atoms with Gasteiger partial charge in [0.2, 0.25) is 0 Å². The molecule has 8 heteroatoms. The summed E-state index contributed by atoms with van der Waals surface area (Å²) in [6.45, 7) is 2.43. The summed E-state index contributed by atoms with van der Waals surface area (Å²) in [6, 6.07) is 18.0. The molecule has 2 amide bonds. The number of benzene rings is 2. The van der Waals surface area contributed by atoms with Crippen molar-refractivity contribution in [1.82, 2.24) is 19.7 Å². The molecule has 5 rings (SSSR count). The minimum Gasteiger partial charge on any atom is -0.507 e. The van der Waals surface area contributed by atoms with Crippen molar-refractivity contribution in [3.63, 3.8) is 0 Å². The van der Waals surface area contributed by atoms with E-state index in [9.17, 15) is 14.7 Å². The summed E-state index contributed by atoms with van der Waals surface area (Å²) in [5.41, 5.74) is 5.02. The number of hydrogen-bond donors (Lipinski definition) is 3. The maximum Gasteiger partial charge on any atom is 0.342 e. The number of aryl methyl sites for hydroxylation is 2. The standard InChI is InChI=1S/C28H29N5O3/c1-18-8-10-19(11-9-18)17-29-28(36)33-25(20-5-3-6-20)16-23(31-33)22-13-12-21(15-26(22)34)30-27(35)24-7-4-14-32(24)2/h4,7-16,20,34H,3,5-6,17H2,1-2H3,(H,29,36)(H,30,35). The number of carbonyl (C=O) groups is 2. The highest BCUT2D eigenvalue weighted by Crippen LogP contribution is 2.39. The monoisotopic (exact) mass is 483 g/mol. The Balaban J connectivity index is 1.36.